The number of nitrogen functional groups attached to an aromatic ring is 1. The molecule has 2 aromatic rings. The molecule has 4 N–H and O–H groups in total. The van der Waals surface area contributed by atoms with Gasteiger partial charge < -0.3 is 16.2 Å². The van der Waals surface area contributed by atoms with Crippen molar-refractivity contribution in [2.24, 2.45) is 0 Å². The first-order chi connectivity index (χ1) is 9.91. The molecule has 1 amide bonds. The predicted octanol–water partition coefficient (Wildman–Crippen LogP) is 1.38. The largest absolute Gasteiger partial charge is 0.479 e. The number of benzene rings is 1. The van der Waals surface area contributed by atoms with Crippen LogP contribution in [0, 0.1) is 0 Å². The minimum absolute atomic E-state index is 0.0105. The van der Waals surface area contributed by atoms with Crippen LogP contribution < -0.4 is 11.1 Å². The minimum Gasteiger partial charge on any atom is -0.479 e. The molecule has 0 fully saturated rings. The Balaban J connectivity index is 2.17. The Labute approximate surface area is 125 Å². The molecule has 0 saturated heterocycles. The summed E-state index contributed by atoms with van der Waals surface area (Å²) in [5, 5.41) is 14.1. The third-order valence-electron chi connectivity index (χ3n) is 3.08. The van der Waals surface area contributed by atoms with Gasteiger partial charge in [0.25, 0.3) is 0 Å². The van der Waals surface area contributed by atoms with E-state index in [1.54, 1.807) is 35.7 Å². The van der Waals surface area contributed by atoms with E-state index in [0.29, 0.717) is 16.4 Å². The van der Waals surface area contributed by atoms with Gasteiger partial charge in [-0.15, -0.1) is 11.3 Å². The van der Waals surface area contributed by atoms with Gasteiger partial charge in [0.05, 0.1) is 12.1 Å². The Morgan fingerprint density at radius 3 is 2.57 bits per heavy atom. The summed E-state index contributed by atoms with van der Waals surface area (Å²) in [6, 6.07) is 8.56. The number of nitrogens with two attached hydrogens (primary N) is 1. The van der Waals surface area contributed by atoms with Gasteiger partial charge in [-0.25, -0.2) is 9.78 Å². The molecule has 1 atom stereocenters. The van der Waals surface area contributed by atoms with Crippen molar-refractivity contribution in [1.29, 1.82) is 0 Å². The molecule has 0 aliphatic heterocycles. The van der Waals surface area contributed by atoms with Gasteiger partial charge in [0.15, 0.2) is 10.7 Å². The van der Waals surface area contributed by atoms with Crippen LogP contribution in [0.1, 0.15) is 18.2 Å². The molecule has 1 heterocycles. The molecule has 21 heavy (non-hydrogen) atoms. The summed E-state index contributed by atoms with van der Waals surface area (Å²) >= 11 is 1.24. The number of thiazole rings is 1. The number of nitrogens with zero attached hydrogens (tertiary/aromatic N) is 1. The zero-order chi connectivity index (χ0) is 15.5. The van der Waals surface area contributed by atoms with Gasteiger partial charge in [-0.05, 0) is 12.5 Å². The van der Waals surface area contributed by atoms with E-state index in [0.717, 1.165) is 0 Å². The molecule has 1 aromatic carbocycles. The third kappa shape index (κ3) is 3.38. The lowest BCUT2D eigenvalue weighted by Crippen LogP contribution is -2.50. The number of anilines is 1. The Morgan fingerprint density at radius 1 is 1.38 bits per heavy atom. The molecule has 0 aliphatic rings. The molecule has 0 radical (unpaired) electrons. The first kappa shape index (κ1) is 15.0. The van der Waals surface area contributed by atoms with Crippen LogP contribution in [0.5, 0.6) is 0 Å². The van der Waals surface area contributed by atoms with Gasteiger partial charge in [-0.3, -0.25) is 4.79 Å². The Hall–Kier alpha value is -2.41. The molecule has 0 saturated carbocycles. The van der Waals surface area contributed by atoms with Crippen LogP contribution in [0.3, 0.4) is 0 Å². The average molecular weight is 305 g/mol. The number of nitrogens with one attached hydrogen (secondary N) is 1. The summed E-state index contributed by atoms with van der Waals surface area (Å²) in [4.78, 5) is 27.6. The molecule has 0 bridgehead atoms. The van der Waals surface area contributed by atoms with Crippen molar-refractivity contribution in [3.05, 3.63) is 47.0 Å². The van der Waals surface area contributed by atoms with Crippen molar-refractivity contribution >= 4 is 28.3 Å². The Bertz CT molecular complexity index is 656. The second kappa shape index (κ2) is 5.92. The van der Waals surface area contributed by atoms with E-state index in [4.69, 9.17) is 5.73 Å². The van der Waals surface area contributed by atoms with Gasteiger partial charge in [0.1, 0.15) is 0 Å². The number of carboxylic acids is 1. The highest BCUT2D eigenvalue weighted by atomic mass is 32.1. The first-order valence-electron chi connectivity index (χ1n) is 6.21. The van der Waals surface area contributed by atoms with E-state index in [9.17, 15) is 14.7 Å². The number of aliphatic carboxylic acids is 1. The van der Waals surface area contributed by atoms with Crippen LogP contribution in [0.25, 0.3) is 0 Å². The Kier molecular flexibility index (Phi) is 4.23. The number of hydrogen-bond donors (Lipinski definition) is 3. The number of rotatable bonds is 5. The fraction of sp³-hybridized carbons (Fsp3) is 0.214. The van der Waals surface area contributed by atoms with Crippen LogP contribution in [0.2, 0.25) is 0 Å². The average Bonchev–Trinajstić information content (AvgIpc) is 2.84. The number of hydrogen-bond acceptors (Lipinski definition) is 5. The normalized spacial score (nSPS) is 13.4. The molecular weight excluding hydrogens is 290 g/mol. The summed E-state index contributed by atoms with van der Waals surface area (Å²) in [5.74, 6) is -1.55. The maximum Gasteiger partial charge on any atom is 0.333 e. The van der Waals surface area contributed by atoms with Gasteiger partial charge >= 0.3 is 5.97 Å². The maximum atomic E-state index is 12.1. The van der Waals surface area contributed by atoms with Gasteiger partial charge in [0.2, 0.25) is 5.91 Å². The lowest BCUT2D eigenvalue weighted by Gasteiger charge is -2.26. The molecule has 1 unspecified atom stereocenters. The third-order valence-corrected chi connectivity index (χ3v) is 3.80. The number of carbonyl (C=O) groups excluding carboxylic acids is 1. The van der Waals surface area contributed by atoms with E-state index in [-0.39, 0.29) is 6.42 Å². The quantitative estimate of drug-likeness (QED) is 0.774. The van der Waals surface area contributed by atoms with Gasteiger partial charge in [0, 0.05) is 5.38 Å². The highest BCUT2D eigenvalue weighted by Crippen LogP contribution is 2.21. The summed E-state index contributed by atoms with van der Waals surface area (Å²) in [6.45, 7) is 1.46. The fourth-order valence-electron chi connectivity index (χ4n) is 1.91. The van der Waals surface area contributed by atoms with Crippen LogP contribution in [-0.2, 0) is 21.5 Å². The molecule has 110 valence electrons. The summed E-state index contributed by atoms with van der Waals surface area (Å²) < 4.78 is 0. The zero-order valence-corrected chi connectivity index (χ0v) is 12.2. The molecule has 0 aliphatic carbocycles. The van der Waals surface area contributed by atoms with Crippen LogP contribution in [-0.4, -0.2) is 22.0 Å². The van der Waals surface area contributed by atoms with Gasteiger partial charge in [-0.2, -0.15) is 0 Å². The van der Waals surface area contributed by atoms with Crippen molar-refractivity contribution in [3.8, 4) is 0 Å². The lowest BCUT2D eigenvalue weighted by atomic mass is 9.92. The zero-order valence-electron chi connectivity index (χ0n) is 11.4. The summed E-state index contributed by atoms with van der Waals surface area (Å²) in [6.07, 6.45) is -0.0105. The van der Waals surface area contributed by atoms with Crippen LogP contribution in [0.4, 0.5) is 5.13 Å². The molecular formula is C14H15N3O3S. The smallest absolute Gasteiger partial charge is 0.333 e. The molecule has 7 heteroatoms. The number of amides is 1. The highest BCUT2D eigenvalue weighted by Gasteiger charge is 2.36. The van der Waals surface area contributed by atoms with E-state index < -0.39 is 17.4 Å². The van der Waals surface area contributed by atoms with Crippen molar-refractivity contribution in [1.82, 2.24) is 10.3 Å². The first-order valence-corrected chi connectivity index (χ1v) is 7.09. The minimum atomic E-state index is -1.49. The second-order valence-corrected chi connectivity index (χ2v) is 5.59. The second-order valence-electron chi connectivity index (χ2n) is 4.70. The van der Waals surface area contributed by atoms with Crippen molar-refractivity contribution in [2.45, 2.75) is 18.9 Å². The predicted molar refractivity (Wildman–Crippen MR) is 79.8 cm³/mol. The SMILES string of the molecule is CC(NC(=O)Cc1csc(N)n1)(C(=O)O)c1ccccc1. The van der Waals surface area contributed by atoms with Crippen molar-refractivity contribution in [3.63, 3.8) is 0 Å². The number of aromatic nitrogens is 1. The molecule has 0 spiro atoms. The molecule has 2 rings (SSSR count). The number of carbonyl (C=O) groups is 2. The van der Waals surface area contributed by atoms with Crippen molar-refractivity contribution < 1.29 is 14.7 Å². The van der Waals surface area contributed by atoms with E-state index >= 15 is 0 Å². The van der Waals surface area contributed by atoms with Crippen molar-refractivity contribution in [2.75, 3.05) is 5.73 Å². The molecule has 6 nitrogen and oxygen atoms in total. The van der Waals surface area contributed by atoms with E-state index in [1.807, 2.05) is 0 Å². The Morgan fingerprint density at radius 2 is 2.05 bits per heavy atom. The monoisotopic (exact) mass is 305 g/mol. The molecule has 1 aromatic heterocycles. The summed E-state index contributed by atoms with van der Waals surface area (Å²) in [7, 11) is 0. The van der Waals surface area contributed by atoms with Crippen LogP contribution in [0.15, 0.2) is 35.7 Å². The van der Waals surface area contributed by atoms with E-state index in [2.05, 4.69) is 10.3 Å². The number of carboxylic acid groups (broad SMARTS) is 1. The highest BCUT2D eigenvalue weighted by molar-refractivity contribution is 7.13. The maximum absolute atomic E-state index is 12.1. The van der Waals surface area contributed by atoms with Crippen LogP contribution >= 0.6 is 11.3 Å². The lowest BCUT2D eigenvalue weighted by molar-refractivity contribution is -0.147. The standard InChI is InChI=1S/C14H15N3O3S/c1-14(12(19)20,9-5-3-2-4-6-9)17-11(18)7-10-8-21-13(15)16-10/h2-6,8H,7H2,1H3,(H2,15,16)(H,17,18)(H,19,20). The van der Waals surface area contributed by atoms with Gasteiger partial charge in [-0.1, -0.05) is 30.3 Å². The topological polar surface area (TPSA) is 105 Å². The summed E-state index contributed by atoms with van der Waals surface area (Å²) in [5.41, 5.74) is 5.04. The van der Waals surface area contributed by atoms with E-state index in [1.165, 1.54) is 18.3 Å². The fourth-order valence-corrected chi connectivity index (χ4v) is 2.47.